The Labute approximate surface area is 113 Å². The van der Waals surface area contributed by atoms with Crippen LogP contribution in [-0.2, 0) is 6.54 Å². The van der Waals surface area contributed by atoms with E-state index in [1.54, 1.807) is 0 Å². The van der Waals surface area contributed by atoms with Gasteiger partial charge in [0.1, 0.15) is 5.52 Å². The number of nitrogens with one attached hydrogen (secondary N) is 1. The molecule has 3 rings (SSSR count). The minimum atomic E-state index is -0.873. The molecule has 2 aromatic carbocycles. The van der Waals surface area contributed by atoms with Crippen molar-refractivity contribution in [3.8, 4) is 0 Å². The molecule has 0 amide bonds. The molecule has 0 aliphatic rings. The van der Waals surface area contributed by atoms with Gasteiger partial charge in [0.2, 0.25) is 5.95 Å². The van der Waals surface area contributed by atoms with Crippen molar-refractivity contribution in [1.82, 2.24) is 15.2 Å². The maximum absolute atomic E-state index is 13.1. The van der Waals surface area contributed by atoms with Crippen LogP contribution in [0.4, 0.5) is 14.7 Å². The average Bonchev–Trinajstić information content (AvgIpc) is 2.48. The lowest BCUT2D eigenvalue weighted by molar-refractivity contribution is 0.507. The van der Waals surface area contributed by atoms with Gasteiger partial charge >= 0.3 is 0 Å². The Kier molecular flexibility index (Phi) is 3.20. The molecule has 0 saturated heterocycles. The highest BCUT2D eigenvalue weighted by Crippen LogP contribution is 2.12. The van der Waals surface area contributed by atoms with Crippen LogP contribution < -0.4 is 5.32 Å². The van der Waals surface area contributed by atoms with Gasteiger partial charge in [-0.1, -0.05) is 18.2 Å². The van der Waals surface area contributed by atoms with Gasteiger partial charge in [-0.05, 0) is 29.8 Å². The summed E-state index contributed by atoms with van der Waals surface area (Å²) in [5.41, 5.74) is 2.02. The van der Waals surface area contributed by atoms with Crippen molar-refractivity contribution < 1.29 is 8.78 Å². The van der Waals surface area contributed by atoms with Crippen LogP contribution in [0.3, 0.4) is 0 Å². The van der Waals surface area contributed by atoms with Gasteiger partial charge in [0, 0.05) is 6.54 Å². The summed E-state index contributed by atoms with van der Waals surface area (Å²) < 4.78 is 25.9. The fourth-order valence-electron chi connectivity index (χ4n) is 1.79. The van der Waals surface area contributed by atoms with E-state index in [1.807, 2.05) is 24.3 Å². The zero-order valence-electron chi connectivity index (χ0n) is 10.3. The molecule has 0 aliphatic heterocycles. The quantitative estimate of drug-likeness (QED) is 0.796. The van der Waals surface area contributed by atoms with Gasteiger partial charge in [0.15, 0.2) is 11.6 Å². The fraction of sp³-hybridized carbons (Fsp3) is 0.0714. The standard InChI is InChI=1S/C14H10F2N4/c15-10-6-5-9(7-11(10)16)8-17-14-18-12-3-1-2-4-13(12)19-20-14/h1-7H,8H2,(H,17,18,20). The van der Waals surface area contributed by atoms with Gasteiger partial charge < -0.3 is 5.32 Å². The maximum atomic E-state index is 13.1. The van der Waals surface area contributed by atoms with Crippen molar-refractivity contribution in [1.29, 1.82) is 0 Å². The summed E-state index contributed by atoms with van der Waals surface area (Å²) in [6, 6.07) is 11.1. The number of hydrogen-bond acceptors (Lipinski definition) is 4. The van der Waals surface area contributed by atoms with Crippen LogP contribution in [0.1, 0.15) is 5.56 Å². The van der Waals surface area contributed by atoms with Crippen molar-refractivity contribution in [3.05, 3.63) is 59.7 Å². The molecule has 0 atom stereocenters. The zero-order chi connectivity index (χ0) is 13.9. The van der Waals surface area contributed by atoms with Gasteiger partial charge in [-0.3, -0.25) is 0 Å². The van der Waals surface area contributed by atoms with Crippen molar-refractivity contribution in [2.45, 2.75) is 6.54 Å². The van der Waals surface area contributed by atoms with Crippen LogP contribution in [0.15, 0.2) is 42.5 Å². The van der Waals surface area contributed by atoms with Crippen molar-refractivity contribution in [2.24, 2.45) is 0 Å². The predicted molar refractivity (Wildman–Crippen MR) is 71.0 cm³/mol. The number of aromatic nitrogens is 3. The molecule has 1 heterocycles. The summed E-state index contributed by atoms with van der Waals surface area (Å²) in [6.07, 6.45) is 0. The lowest BCUT2D eigenvalue weighted by Gasteiger charge is -2.05. The Morgan fingerprint density at radius 2 is 1.70 bits per heavy atom. The predicted octanol–water partition coefficient (Wildman–Crippen LogP) is 2.92. The van der Waals surface area contributed by atoms with Gasteiger partial charge in [-0.15, -0.1) is 10.2 Å². The molecule has 1 N–H and O–H groups in total. The topological polar surface area (TPSA) is 50.7 Å². The fourth-order valence-corrected chi connectivity index (χ4v) is 1.79. The molecular formula is C14H10F2N4. The first-order chi connectivity index (χ1) is 9.72. The summed E-state index contributed by atoms with van der Waals surface area (Å²) in [5.74, 6) is -1.40. The SMILES string of the molecule is Fc1ccc(CNc2nnc3ccccc3n2)cc1F. The molecule has 0 radical (unpaired) electrons. The number of fused-ring (bicyclic) bond motifs is 1. The van der Waals surface area contributed by atoms with Gasteiger partial charge in [0.25, 0.3) is 0 Å². The minimum Gasteiger partial charge on any atom is -0.349 e. The number of para-hydroxylation sites is 1. The summed E-state index contributed by atoms with van der Waals surface area (Å²) >= 11 is 0. The van der Waals surface area contributed by atoms with E-state index < -0.39 is 11.6 Å². The molecule has 0 fully saturated rings. The monoisotopic (exact) mass is 272 g/mol. The number of anilines is 1. The second-order valence-electron chi connectivity index (χ2n) is 4.23. The number of benzene rings is 2. The summed E-state index contributed by atoms with van der Waals surface area (Å²) in [7, 11) is 0. The second kappa shape index (κ2) is 5.16. The zero-order valence-corrected chi connectivity index (χ0v) is 10.3. The third kappa shape index (κ3) is 2.54. The molecule has 3 aromatic rings. The Balaban J connectivity index is 1.77. The molecule has 100 valence electrons. The summed E-state index contributed by atoms with van der Waals surface area (Å²) in [4.78, 5) is 4.28. The number of hydrogen-bond donors (Lipinski definition) is 1. The lowest BCUT2D eigenvalue weighted by atomic mass is 10.2. The molecule has 1 aromatic heterocycles. The first kappa shape index (κ1) is 12.4. The third-order valence-corrected chi connectivity index (χ3v) is 2.80. The Morgan fingerprint density at radius 1 is 0.900 bits per heavy atom. The average molecular weight is 272 g/mol. The van der Waals surface area contributed by atoms with E-state index in [1.165, 1.54) is 6.07 Å². The number of halogens is 2. The molecule has 0 bridgehead atoms. The molecule has 6 heteroatoms. The Bertz CT molecular complexity index is 761. The van der Waals surface area contributed by atoms with Crippen LogP contribution >= 0.6 is 0 Å². The molecule has 0 spiro atoms. The summed E-state index contributed by atoms with van der Waals surface area (Å²) in [6.45, 7) is 0.289. The van der Waals surface area contributed by atoms with Crippen LogP contribution in [-0.4, -0.2) is 15.2 Å². The smallest absolute Gasteiger partial charge is 0.243 e. The highest BCUT2D eigenvalue weighted by molar-refractivity contribution is 5.74. The highest BCUT2D eigenvalue weighted by atomic mass is 19.2. The summed E-state index contributed by atoms with van der Waals surface area (Å²) in [5, 5.41) is 10.9. The van der Waals surface area contributed by atoms with Crippen LogP contribution in [0, 0.1) is 11.6 Å². The number of rotatable bonds is 3. The van der Waals surface area contributed by atoms with Crippen LogP contribution in [0.5, 0.6) is 0 Å². The molecule has 0 aliphatic carbocycles. The van der Waals surface area contributed by atoms with Crippen molar-refractivity contribution in [3.63, 3.8) is 0 Å². The second-order valence-corrected chi connectivity index (χ2v) is 4.23. The van der Waals surface area contributed by atoms with Crippen LogP contribution in [0.25, 0.3) is 11.0 Å². The third-order valence-electron chi connectivity index (χ3n) is 2.80. The van der Waals surface area contributed by atoms with E-state index in [-0.39, 0.29) is 6.54 Å². The maximum Gasteiger partial charge on any atom is 0.243 e. The van der Waals surface area contributed by atoms with Crippen LogP contribution in [0.2, 0.25) is 0 Å². The van der Waals surface area contributed by atoms with Crippen molar-refractivity contribution >= 4 is 17.0 Å². The van der Waals surface area contributed by atoms with Crippen molar-refractivity contribution in [2.75, 3.05) is 5.32 Å². The van der Waals surface area contributed by atoms with E-state index >= 15 is 0 Å². The molecule has 0 saturated carbocycles. The van der Waals surface area contributed by atoms with Gasteiger partial charge in [0.05, 0.1) is 5.52 Å². The molecule has 0 unspecified atom stereocenters. The molecule has 4 nitrogen and oxygen atoms in total. The molecular weight excluding hydrogens is 262 g/mol. The van der Waals surface area contributed by atoms with Gasteiger partial charge in [-0.2, -0.15) is 0 Å². The van der Waals surface area contributed by atoms with E-state index in [9.17, 15) is 8.78 Å². The normalized spacial score (nSPS) is 10.7. The number of nitrogens with zero attached hydrogens (tertiary/aromatic N) is 3. The van der Waals surface area contributed by atoms with E-state index in [0.717, 1.165) is 17.6 Å². The highest BCUT2D eigenvalue weighted by Gasteiger charge is 2.04. The Morgan fingerprint density at radius 3 is 2.50 bits per heavy atom. The largest absolute Gasteiger partial charge is 0.349 e. The Hall–Kier alpha value is -2.63. The minimum absolute atomic E-state index is 0.289. The molecule has 20 heavy (non-hydrogen) atoms. The first-order valence-electron chi connectivity index (χ1n) is 5.99. The van der Waals surface area contributed by atoms with E-state index in [0.29, 0.717) is 17.0 Å². The van der Waals surface area contributed by atoms with Gasteiger partial charge in [-0.25, -0.2) is 13.8 Å². The lowest BCUT2D eigenvalue weighted by Crippen LogP contribution is -2.05. The van der Waals surface area contributed by atoms with E-state index in [4.69, 9.17) is 0 Å². The first-order valence-corrected chi connectivity index (χ1v) is 5.99. The van der Waals surface area contributed by atoms with E-state index in [2.05, 4.69) is 20.5 Å².